The third kappa shape index (κ3) is 2.59. The first-order valence-electron chi connectivity index (χ1n) is 5.43. The Balaban J connectivity index is 2.94. The number of nitrogens with one attached hydrogen (secondary N) is 1. The molecule has 15 heavy (non-hydrogen) atoms. The number of nitrogens with two attached hydrogens (primary N) is 1. The van der Waals surface area contributed by atoms with E-state index in [9.17, 15) is 4.79 Å². The van der Waals surface area contributed by atoms with Gasteiger partial charge in [0.1, 0.15) is 5.69 Å². The molecule has 0 saturated heterocycles. The number of carbonyl (C=O) groups excluding carboxylic acids is 1. The van der Waals surface area contributed by atoms with Gasteiger partial charge in [0, 0.05) is 12.2 Å². The standard InChI is InChI=1S/C11H19N3O/c1-3-5-8-14-9(4-2)6-7-10(14)11(15)13-12/h6-7H,3-5,8,12H2,1-2H3,(H,13,15). The van der Waals surface area contributed by atoms with Crippen molar-refractivity contribution in [1.82, 2.24) is 9.99 Å². The largest absolute Gasteiger partial charge is 0.341 e. The van der Waals surface area contributed by atoms with Crippen LogP contribution in [0.2, 0.25) is 0 Å². The molecule has 1 aromatic heterocycles. The summed E-state index contributed by atoms with van der Waals surface area (Å²) in [6, 6.07) is 3.82. The maximum Gasteiger partial charge on any atom is 0.281 e. The Morgan fingerprint density at radius 2 is 2.20 bits per heavy atom. The third-order valence-electron chi connectivity index (χ3n) is 2.53. The fourth-order valence-corrected chi connectivity index (χ4v) is 1.67. The highest BCUT2D eigenvalue weighted by atomic mass is 16.2. The van der Waals surface area contributed by atoms with Gasteiger partial charge in [-0.1, -0.05) is 20.3 Å². The van der Waals surface area contributed by atoms with Crippen molar-refractivity contribution in [2.45, 2.75) is 39.7 Å². The molecule has 0 spiro atoms. The van der Waals surface area contributed by atoms with Gasteiger partial charge in [-0.2, -0.15) is 0 Å². The van der Waals surface area contributed by atoms with E-state index in [-0.39, 0.29) is 5.91 Å². The molecular weight excluding hydrogens is 190 g/mol. The first kappa shape index (κ1) is 11.8. The lowest BCUT2D eigenvalue weighted by atomic mass is 10.3. The van der Waals surface area contributed by atoms with Crippen molar-refractivity contribution in [2.24, 2.45) is 5.84 Å². The second kappa shape index (κ2) is 5.56. The minimum Gasteiger partial charge on any atom is -0.341 e. The van der Waals surface area contributed by atoms with Crippen molar-refractivity contribution in [1.29, 1.82) is 0 Å². The predicted octanol–water partition coefficient (Wildman–Crippen LogP) is 1.45. The van der Waals surface area contributed by atoms with Crippen LogP contribution < -0.4 is 11.3 Å². The van der Waals surface area contributed by atoms with Crippen LogP contribution in [0.15, 0.2) is 12.1 Å². The molecule has 0 radical (unpaired) electrons. The Morgan fingerprint density at radius 1 is 1.47 bits per heavy atom. The van der Waals surface area contributed by atoms with Gasteiger partial charge >= 0.3 is 0 Å². The van der Waals surface area contributed by atoms with Crippen molar-refractivity contribution in [2.75, 3.05) is 0 Å². The van der Waals surface area contributed by atoms with E-state index in [1.165, 1.54) is 5.69 Å². The number of amides is 1. The molecule has 4 nitrogen and oxygen atoms in total. The van der Waals surface area contributed by atoms with Crippen LogP contribution in [-0.2, 0) is 13.0 Å². The fraction of sp³-hybridized carbons (Fsp3) is 0.545. The molecule has 3 N–H and O–H groups in total. The molecule has 1 heterocycles. The summed E-state index contributed by atoms with van der Waals surface area (Å²) in [7, 11) is 0. The molecular formula is C11H19N3O. The summed E-state index contributed by atoms with van der Waals surface area (Å²) in [5.74, 6) is 4.92. The molecule has 0 aliphatic rings. The van der Waals surface area contributed by atoms with Gasteiger partial charge < -0.3 is 4.57 Å². The zero-order chi connectivity index (χ0) is 11.3. The Morgan fingerprint density at radius 3 is 2.73 bits per heavy atom. The number of aromatic nitrogens is 1. The minimum atomic E-state index is -0.217. The van der Waals surface area contributed by atoms with Gasteiger partial charge in [-0.3, -0.25) is 10.2 Å². The minimum absolute atomic E-state index is 0.217. The first-order chi connectivity index (χ1) is 7.24. The maximum absolute atomic E-state index is 11.5. The lowest BCUT2D eigenvalue weighted by molar-refractivity contribution is 0.0944. The zero-order valence-electron chi connectivity index (χ0n) is 9.42. The van der Waals surface area contributed by atoms with Crippen molar-refractivity contribution in [3.63, 3.8) is 0 Å². The lowest BCUT2D eigenvalue weighted by Gasteiger charge is -2.10. The molecule has 0 aliphatic heterocycles. The van der Waals surface area contributed by atoms with Crippen LogP contribution in [0, 0.1) is 0 Å². The SMILES string of the molecule is CCCCn1c(CC)ccc1C(=O)NN. The van der Waals surface area contributed by atoms with Crippen molar-refractivity contribution in [3.05, 3.63) is 23.5 Å². The van der Waals surface area contributed by atoms with Crippen LogP contribution in [0.25, 0.3) is 0 Å². The molecule has 1 rings (SSSR count). The average molecular weight is 209 g/mol. The quantitative estimate of drug-likeness (QED) is 0.438. The summed E-state index contributed by atoms with van der Waals surface area (Å²) in [4.78, 5) is 11.5. The predicted molar refractivity (Wildman–Crippen MR) is 60.4 cm³/mol. The highest BCUT2D eigenvalue weighted by molar-refractivity contribution is 5.92. The zero-order valence-corrected chi connectivity index (χ0v) is 9.42. The van der Waals surface area contributed by atoms with Gasteiger partial charge in [0.05, 0.1) is 0 Å². The number of hydrazine groups is 1. The van der Waals surface area contributed by atoms with Crippen LogP contribution in [0.4, 0.5) is 0 Å². The molecule has 1 amide bonds. The number of aryl methyl sites for hydroxylation is 1. The second-order valence-electron chi connectivity index (χ2n) is 3.54. The van der Waals surface area contributed by atoms with Crippen LogP contribution in [-0.4, -0.2) is 10.5 Å². The number of hydrogen-bond donors (Lipinski definition) is 2. The van der Waals surface area contributed by atoms with E-state index in [0.717, 1.165) is 25.8 Å². The molecule has 0 atom stereocenters. The number of hydrogen-bond acceptors (Lipinski definition) is 2. The molecule has 0 saturated carbocycles. The van der Waals surface area contributed by atoms with Gasteiger partial charge in [-0.15, -0.1) is 0 Å². The van der Waals surface area contributed by atoms with E-state index in [4.69, 9.17) is 5.84 Å². The molecule has 1 aromatic rings. The summed E-state index contributed by atoms with van der Waals surface area (Å²) < 4.78 is 2.05. The van der Waals surface area contributed by atoms with Gasteiger partial charge in [0.25, 0.3) is 5.91 Å². The van der Waals surface area contributed by atoms with E-state index >= 15 is 0 Å². The van der Waals surface area contributed by atoms with Crippen molar-refractivity contribution >= 4 is 5.91 Å². The number of unbranched alkanes of at least 4 members (excludes halogenated alkanes) is 1. The smallest absolute Gasteiger partial charge is 0.281 e. The molecule has 0 aromatic carbocycles. The monoisotopic (exact) mass is 209 g/mol. The highest BCUT2D eigenvalue weighted by Crippen LogP contribution is 2.11. The van der Waals surface area contributed by atoms with Gasteiger partial charge in [0.15, 0.2) is 0 Å². The normalized spacial score (nSPS) is 10.3. The number of nitrogens with zero attached hydrogens (tertiary/aromatic N) is 1. The Labute approximate surface area is 90.4 Å². The van der Waals surface area contributed by atoms with Gasteiger partial charge in [-0.25, -0.2) is 5.84 Å². The first-order valence-corrected chi connectivity index (χ1v) is 5.43. The maximum atomic E-state index is 11.5. The van der Waals surface area contributed by atoms with E-state index in [2.05, 4.69) is 19.3 Å². The molecule has 84 valence electrons. The van der Waals surface area contributed by atoms with E-state index in [1.807, 2.05) is 16.7 Å². The summed E-state index contributed by atoms with van der Waals surface area (Å²) >= 11 is 0. The molecule has 0 unspecified atom stereocenters. The summed E-state index contributed by atoms with van der Waals surface area (Å²) in [6.07, 6.45) is 3.12. The van der Waals surface area contributed by atoms with Gasteiger partial charge in [0.2, 0.25) is 0 Å². The van der Waals surface area contributed by atoms with Crippen LogP contribution in [0.5, 0.6) is 0 Å². The fourth-order valence-electron chi connectivity index (χ4n) is 1.67. The Kier molecular flexibility index (Phi) is 4.37. The highest BCUT2D eigenvalue weighted by Gasteiger charge is 2.12. The molecule has 0 bridgehead atoms. The van der Waals surface area contributed by atoms with Gasteiger partial charge in [-0.05, 0) is 25.0 Å². The second-order valence-corrected chi connectivity index (χ2v) is 3.54. The Hall–Kier alpha value is -1.29. The van der Waals surface area contributed by atoms with Crippen LogP contribution in [0.3, 0.4) is 0 Å². The Bertz CT molecular complexity index is 331. The summed E-state index contributed by atoms with van der Waals surface area (Å²) in [5, 5.41) is 0. The van der Waals surface area contributed by atoms with E-state index in [0.29, 0.717) is 5.69 Å². The van der Waals surface area contributed by atoms with E-state index in [1.54, 1.807) is 0 Å². The lowest BCUT2D eigenvalue weighted by Crippen LogP contribution is -2.32. The molecule has 0 fully saturated rings. The van der Waals surface area contributed by atoms with E-state index < -0.39 is 0 Å². The third-order valence-corrected chi connectivity index (χ3v) is 2.53. The van der Waals surface area contributed by atoms with Crippen molar-refractivity contribution in [3.8, 4) is 0 Å². The number of rotatable bonds is 5. The van der Waals surface area contributed by atoms with Crippen molar-refractivity contribution < 1.29 is 4.79 Å². The summed E-state index contributed by atoms with van der Waals surface area (Å²) in [6.45, 7) is 5.11. The summed E-state index contributed by atoms with van der Waals surface area (Å²) in [5.41, 5.74) is 4.01. The van der Waals surface area contributed by atoms with Crippen LogP contribution in [0.1, 0.15) is 42.9 Å². The molecule has 0 aliphatic carbocycles. The number of nitrogen functional groups attached to an aromatic ring is 1. The van der Waals surface area contributed by atoms with Crippen LogP contribution >= 0.6 is 0 Å². The topological polar surface area (TPSA) is 60.0 Å². The number of carbonyl (C=O) groups is 1. The molecule has 4 heteroatoms. The average Bonchev–Trinajstić information content (AvgIpc) is 2.67.